The van der Waals surface area contributed by atoms with Gasteiger partial charge < -0.3 is 10.0 Å². The molecule has 18 heavy (non-hydrogen) atoms. The molecule has 1 fully saturated rings. The van der Waals surface area contributed by atoms with E-state index in [9.17, 15) is 4.79 Å². The molecule has 96 valence electrons. The first-order valence-corrected chi connectivity index (χ1v) is 6.30. The Morgan fingerprint density at radius 1 is 1.50 bits per heavy atom. The van der Waals surface area contributed by atoms with Crippen molar-refractivity contribution in [2.24, 2.45) is 0 Å². The summed E-state index contributed by atoms with van der Waals surface area (Å²) < 4.78 is 0. The molecule has 4 nitrogen and oxygen atoms in total. The van der Waals surface area contributed by atoms with E-state index in [1.807, 2.05) is 12.1 Å². The van der Waals surface area contributed by atoms with E-state index in [4.69, 9.17) is 5.11 Å². The summed E-state index contributed by atoms with van der Waals surface area (Å²) in [5, 5.41) is 8.55. The number of aromatic nitrogens is 1. The summed E-state index contributed by atoms with van der Waals surface area (Å²) in [6.07, 6.45) is 8.11. The summed E-state index contributed by atoms with van der Waals surface area (Å²) in [6, 6.07) is 4.40. The van der Waals surface area contributed by atoms with Gasteiger partial charge in [0, 0.05) is 24.9 Å². The summed E-state index contributed by atoms with van der Waals surface area (Å²) in [4.78, 5) is 17.1. The van der Waals surface area contributed by atoms with Gasteiger partial charge in [0.2, 0.25) is 0 Å². The van der Waals surface area contributed by atoms with Gasteiger partial charge >= 0.3 is 5.97 Å². The van der Waals surface area contributed by atoms with Gasteiger partial charge in [0.1, 0.15) is 5.82 Å². The van der Waals surface area contributed by atoms with Crippen LogP contribution in [0.15, 0.2) is 24.4 Å². The SMILES string of the molecule is CC1CCCCN1c1ccc(/C=C/C(=O)O)cn1. The van der Waals surface area contributed by atoms with E-state index >= 15 is 0 Å². The minimum atomic E-state index is -0.941. The van der Waals surface area contributed by atoms with Crippen LogP contribution in [0.5, 0.6) is 0 Å². The molecule has 0 radical (unpaired) electrons. The average molecular weight is 246 g/mol. The fourth-order valence-electron chi connectivity index (χ4n) is 2.27. The number of piperidine rings is 1. The monoisotopic (exact) mass is 246 g/mol. The number of carboxylic acid groups (broad SMARTS) is 1. The van der Waals surface area contributed by atoms with Gasteiger partial charge in [-0.15, -0.1) is 0 Å². The zero-order chi connectivity index (χ0) is 13.0. The number of hydrogen-bond acceptors (Lipinski definition) is 3. The van der Waals surface area contributed by atoms with Crippen LogP contribution in [0.1, 0.15) is 31.7 Å². The van der Waals surface area contributed by atoms with Crippen LogP contribution < -0.4 is 4.90 Å². The molecule has 1 aliphatic rings. The van der Waals surface area contributed by atoms with Crippen molar-refractivity contribution in [3.63, 3.8) is 0 Å². The second kappa shape index (κ2) is 5.67. The van der Waals surface area contributed by atoms with Gasteiger partial charge in [-0.3, -0.25) is 0 Å². The number of pyridine rings is 1. The van der Waals surface area contributed by atoms with Crippen LogP contribution in [0.3, 0.4) is 0 Å². The highest BCUT2D eigenvalue weighted by Gasteiger charge is 2.18. The number of anilines is 1. The van der Waals surface area contributed by atoms with E-state index in [2.05, 4.69) is 16.8 Å². The molecule has 0 spiro atoms. The number of carboxylic acids is 1. The summed E-state index contributed by atoms with van der Waals surface area (Å²) in [7, 11) is 0. The van der Waals surface area contributed by atoms with E-state index in [1.54, 1.807) is 12.3 Å². The number of hydrogen-bond donors (Lipinski definition) is 1. The number of rotatable bonds is 3. The van der Waals surface area contributed by atoms with E-state index in [0.29, 0.717) is 6.04 Å². The molecule has 2 rings (SSSR count). The Hall–Kier alpha value is -1.84. The van der Waals surface area contributed by atoms with Gasteiger partial charge in [-0.25, -0.2) is 9.78 Å². The van der Waals surface area contributed by atoms with Gasteiger partial charge in [-0.1, -0.05) is 0 Å². The molecule has 0 amide bonds. The highest BCUT2D eigenvalue weighted by molar-refractivity contribution is 5.85. The van der Waals surface area contributed by atoms with Gasteiger partial charge in [0.15, 0.2) is 0 Å². The quantitative estimate of drug-likeness (QED) is 0.833. The van der Waals surface area contributed by atoms with Gasteiger partial charge in [0.05, 0.1) is 0 Å². The molecule has 0 bridgehead atoms. The fraction of sp³-hybridized carbons (Fsp3) is 0.429. The van der Waals surface area contributed by atoms with Crippen LogP contribution in [0.4, 0.5) is 5.82 Å². The highest BCUT2D eigenvalue weighted by atomic mass is 16.4. The zero-order valence-corrected chi connectivity index (χ0v) is 10.5. The first-order chi connectivity index (χ1) is 8.66. The molecule has 1 aromatic rings. The minimum Gasteiger partial charge on any atom is -0.478 e. The van der Waals surface area contributed by atoms with E-state index in [1.165, 1.54) is 19.3 Å². The van der Waals surface area contributed by atoms with Crippen LogP contribution in [0.2, 0.25) is 0 Å². The Kier molecular flexibility index (Phi) is 3.97. The fourth-order valence-corrected chi connectivity index (χ4v) is 2.27. The standard InChI is InChI=1S/C14H18N2O2/c1-11-4-2-3-9-16(11)13-7-5-12(10-15-13)6-8-14(17)18/h5-8,10-11H,2-4,9H2,1H3,(H,17,18)/b8-6+. The zero-order valence-electron chi connectivity index (χ0n) is 10.5. The normalized spacial score (nSPS) is 20.3. The third-order valence-electron chi connectivity index (χ3n) is 3.29. The van der Waals surface area contributed by atoms with Crippen LogP contribution in [-0.4, -0.2) is 28.6 Å². The summed E-state index contributed by atoms with van der Waals surface area (Å²) in [6.45, 7) is 3.28. The van der Waals surface area contributed by atoms with Crippen molar-refractivity contribution in [1.82, 2.24) is 4.98 Å². The van der Waals surface area contributed by atoms with Gasteiger partial charge in [-0.05, 0) is 50.0 Å². The van der Waals surface area contributed by atoms with E-state index in [0.717, 1.165) is 24.0 Å². The summed E-state index contributed by atoms with van der Waals surface area (Å²) in [5.41, 5.74) is 0.811. The van der Waals surface area contributed by atoms with Crippen molar-refractivity contribution in [2.75, 3.05) is 11.4 Å². The van der Waals surface area contributed by atoms with Crippen LogP contribution >= 0.6 is 0 Å². The van der Waals surface area contributed by atoms with E-state index < -0.39 is 5.97 Å². The minimum absolute atomic E-state index is 0.534. The van der Waals surface area contributed by atoms with Crippen molar-refractivity contribution in [3.05, 3.63) is 30.0 Å². The molecule has 0 saturated carbocycles. The van der Waals surface area contributed by atoms with Crippen molar-refractivity contribution >= 4 is 17.9 Å². The lowest BCUT2D eigenvalue weighted by Gasteiger charge is -2.34. The smallest absolute Gasteiger partial charge is 0.328 e. The maximum Gasteiger partial charge on any atom is 0.328 e. The molecular weight excluding hydrogens is 228 g/mol. The predicted molar refractivity (Wildman–Crippen MR) is 71.6 cm³/mol. The van der Waals surface area contributed by atoms with Gasteiger partial charge in [-0.2, -0.15) is 0 Å². The first-order valence-electron chi connectivity index (χ1n) is 6.30. The van der Waals surface area contributed by atoms with Crippen molar-refractivity contribution in [1.29, 1.82) is 0 Å². The third-order valence-corrected chi connectivity index (χ3v) is 3.29. The van der Waals surface area contributed by atoms with Crippen molar-refractivity contribution < 1.29 is 9.90 Å². The predicted octanol–water partition coefficient (Wildman–Crippen LogP) is 2.56. The van der Waals surface area contributed by atoms with Crippen molar-refractivity contribution in [2.45, 2.75) is 32.2 Å². The molecule has 0 aromatic carbocycles. The Morgan fingerprint density at radius 3 is 2.94 bits per heavy atom. The second-order valence-corrected chi connectivity index (χ2v) is 4.66. The topological polar surface area (TPSA) is 53.4 Å². The van der Waals surface area contributed by atoms with Gasteiger partial charge in [0.25, 0.3) is 0 Å². The van der Waals surface area contributed by atoms with Crippen LogP contribution in [0, 0.1) is 0 Å². The maximum atomic E-state index is 10.4. The van der Waals surface area contributed by atoms with E-state index in [-0.39, 0.29) is 0 Å². The lowest BCUT2D eigenvalue weighted by Crippen LogP contribution is -2.37. The largest absolute Gasteiger partial charge is 0.478 e. The first kappa shape index (κ1) is 12.6. The lowest BCUT2D eigenvalue weighted by atomic mass is 10.0. The molecule has 4 heteroatoms. The molecule has 1 aromatic heterocycles. The highest BCUT2D eigenvalue weighted by Crippen LogP contribution is 2.22. The summed E-state index contributed by atoms with van der Waals surface area (Å²) in [5.74, 6) is 0.0402. The van der Waals surface area contributed by atoms with Crippen molar-refractivity contribution in [3.8, 4) is 0 Å². The number of carbonyl (C=O) groups is 1. The Balaban J connectivity index is 2.09. The summed E-state index contributed by atoms with van der Waals surface area (Å²) >= 11 is 0. The lowest BCUT2D eigenvalue weighted by molar-refractivity contribution is -0.131. The Morgan fingerprint density at radius 2 is 2.33 bits per heavy atom. The molecule has 1 atom stereocenters. The second-order valence-electron chi connectivity index (χ2n) is 4.66. The van der Waals surface area contributed by atoms with Crippen LogP contribution in [0.25, 0.3) is 6.08 Å². The maximum absolute atomic E-state index is 10.4. The number of aliphatic carboxylic acids is 1. The molecule has 1 unspecified atom stereocenters. The molecule has 1 N–H and O–H groups in total. The Bertz CT molecular complexity index is 440. The van der Waals surface area contributed by atoms with Crippen LogP contribution in [-0.2, 0) is 4.79 Å². The average Bonchev–Trinajstić information content (AvgIpc) is 2.38. The number of nitrogens with zero attached hydrogens (tertiary/aromatic N) is 2. The Labute approximate surface area is 107 Å². The molecular formula is C14H18N2O2. The molecule has 1 saturated heterocycles. The molecule has 2 heterocycles. The molecule has 1 aliphatic heterocycles. The third kappa shape index (κ3) is 3.09. The molecule has 0 aliphatic carbocycles.